The zero-order chi connectivity index (χ0) is 13.7. The van der Waals surface area contributed by atoms with Gasteiger partial charge in [0.1, 0.15) is 12.6 Å². The predicted octanol–water partition coefficient (Wildman–Crippen LogP) is -0.373. The number of carbonyl (C=O) groups is 3. The van der Waals surface area contributed by atoms with Gasteiger partial charge in [-0.05, 0) is 25.7 Å². The Balaban J connectivity index is 2.42. The summed E-state index contributed by atoms with van der Waals surface area (Å²) in [4.78, 5) is 35.1. The van der Waals surface area contributed by atoms with Crippen molar-refractivity contribution in [3.63, 3.8) is 0 Å². The normalized spacial score (nSPS) is 15.7. The molecular weight excluding hydrogens is 238 g/mol. The van der Waals surface area contributed by atoms with Crippen LogP contribution in [0, 0.1) is 5.92 Å². The van der Waals surface area contributed by atoms with E-state index in [-0.39, 0.29) is 18.4 Å². The minimum absolute atomic E-state index is 0.0179. The fourth-order valence-electron chi connectivity index (χ4n) is 1.59. The smallest absolute Gasteiger partial charge is 0.326 e. The van der Waals surface area contributed by atoms with Crippen LogP contribution >= 0.6 is 0 Å². The van der Waals surface area contributed by atoms with Gasteiger partial charge in [0.25, 0.3) is 0 Å². The number of likely N-dealkylation sites (N-methyl/N-ethyl adjacent to an activating group) is 2. The van der Waals surface area contributed by atoms with Gasteiger partial charge in [-0.15, -0.1) is 0 Å². The van der Waals surface area contributed by atoms with Gasteiger partial charge in [0.15, 0.2) is 0 Å². The van der Waals surface area contributed by atoms with Crippen LogP contribution in [0.4, 0.5) is 4.79 Å². The monoisotopic (exact) mass is 257 g/mol. The fraction of sp³-hybridized carbons (Fsp3) is 0.727. The molecule has 0 radical (unpaired) electrons. The van der Waals surface area contributed by atoms with Crippen molar-refractivity contribution in [1.82, 2.24) is 15.5 Å². The Morgan fingerprint density at radius 2 is 2.00 bits per heavy atom. The minimum Gasteiger partial charge on any atom is -0.480 e. The summed E-state index contributed by atoms with van der Waals surface area (Å²) in [5, 5.41) is 14.0. The number of rotatable bonds is 6. The van der Waals surface area contributed by atoms with Gasteiger partial charge in [0, 0.05) is 13.6 Å². The third-order valence-corrected chi connectivity index (χ3v) is 2.74. The molecule has 1 unspecified atom stereocenters. The van der Waals surface area contributed by atoms with E-state index < -0.39 is 18.0 Å². The highest BCUT2D eigenvalue weighted by atomic mass is 16.4. The van der Waals surface area contributed by atoms with Gasteiger partial charge in [-0.25, -0.2) is 9.59 Å². The number of hydrogen-bond acceptors (Lipinski definition) is 3. The summed E-state index contributed by atoms with van der Waals surface area (Å²) in [6.45, 7) is 2.19. The van der Waals surface area contributed by atoms with Gasteiger partial charge < -0.3 is 20.6 Å². The molecule has 0 aliphatic heterocycles. The van der Waals surface area contributed by atoms with Gasteiger partial charge in [0.2, 0.25) is 5.91 Å². The Labute approximate surface area is 106 Å². The molecule has 0 saturated heterocycles. The molecule has 1 fully saturated rings. The first kappa shape index (κ1) is 14.3. The number of nitrogens with one attached hydrogen (secondary N) is 2. The van der Waals surface area contributed by atoms with Crippen molar-refractivity contribution in [1.29, 1.82) is 0 Å². The number of hydrogen-bond donors (Lipinski definition) is 3. The summed E-state index contributed by atoms with van der Waals surface area (Å²) < 4.78 is 0. The first-order chi connectivity index (χ1) is 8.45. The number of carbonyl (C=O) groups excluding carboxylic acids is 2. The van der Waals surface area contributed by atoms with E-state index in [1.54, 1.807) is 6.92 Å². The molecule has 1 saturated carbocycles. The first-order valence-electron chi connectivity index (χ1n) is 5.96. The molecule has 1 atom stereocenters. The van der Waals surface area contributed by atoms with Gasteiger partial charge in [-0.2, -0.15) is 0 Å². The Morgan fingerprint density at radius 3 is 2.44 bits per heavy atom. The standard InChI is InChI=1S/C11H19N3O4/c1-3-12-8(15)6-14(2)11(18)13-9(10(16)17)7-4-5-7/h7,9H,3-6H2,1-2H3,(H,12,15)(H,13,18)(H,16,17). The van der Waals surface area contributed by atoms with Gasteiger partial charge in [-0.1, -0.05) is 0 Å². The highest BCUT2D eigenvalue weighted by molar-refractivity contribution is 5.86. The number of carboxylic acid groups (broad SMARTS) is 1. The van der Waals surface area contributed by atoms with E-state index in [1.807, 2.05) is 0 Å². The molecule has 7 nitrogen and oxygen atoms in total. The fourth-order valence-corrected chi connectivity index (χ4v) is 1.59. The Kier molecular flexibility index (Phi) is 4.94. The van der Waals surface area contributed by atoms with Crippen LogP contribution in [0.25, 0.3) is 0 Å². The maximum atomic E-state index is 11.7. The van der Waals surface area contributed by atoms with Gasteiger partial charge in [0.05, 0.1) is 0 Å². The minimum atomic E-state index is -1.03. The van der Waals surface area contributed by atoms with Crippen molar-refractivity contribution in [3.05, 3.63) is 0 Å². The summed E-state index contributed by atoms with van der Waals surface area (Å²) in [6, 6.07) is -1.39. The number of amides is 3. The van der Waals surface area contributed by atoms with E-state index in [9.17, 15) is 14.4 Å². The van der Waals surface area contributed by atoms with Crippen molar-refractivity contribution in [2.24, 2.45) is 5.92 Å². The van der Waals surface area contributed by atoms with Crippen LogP contribution in [-0.2, 0) is 9.59 Å². The Bertz CT molecular complexity index is 341. The van der Waals surface area contributed by atoms with E-state index in [0.717, 1.165) is 12.8 Å². The van der Waals surface area contributed by atoms with Crippen LogP contribution < -0.4 is 10.6 Å². The van der Waals surface area contributed by atoms with Crippen molar-refractivity contribution in [2.45, 2.75) is 25.8 Å². The van der Waals surface area contributed by atoms with Crippen LogP contribution in [0.15, 0.2) is 0 Å². The summed E-state index contributed by atoms with van der Waals surface area (Å²) in [7, 11) is 1.45. The molecule has 0 aromatic rings. The second-order valence-corrected chi connectivity index (χ2v) is 4.41. The first-order valence-corrected chi connectivity index (χ1v) is 5.96. The molecule has 0 aromatic heterocycles. The number of urea groups is 1. The van der Waals surface area contributed by atoms with E-state index in [4.69, 9.17) is 5.11 Å². The average molecular weight is 257 g/mol. The molecule has 1 aliphatic carbocycles. The molecule has 102 valence electrons. The van der Waals surface area contributed by atoms with Crippen molar-refractivity contribution < 1.29 is 19.5 Å². The molecule has 0 bridgehead atoms. The van der Waals surface area contributed by atoms with Crippen molar-refractivity contribution in [3.8, 4) is 0 Å². The zero-order valence-electron chi connectivity index (χ0n) is 10.6. The maximum absolute atomic E-state index is 11.7. The second-order valence-electron chi connectivity index (χ2n) is 4.41. The zero-order valence-corrected chi connectivity index (χ0v) is 10.6. The third kappa shape index (κ3) is 4.23. The SMILES string of the molecule is CCNC(=O)CN(C)C(=O)NC(C(=O)O)C1CC1. The Hall–Kier alpha value is -1.79. The molecule has 0 aromatic carbocycles. The lowest BCUT2D eigenvalue weighted by Crippen LogP contribution is -2.49. The average Bonchev–Trinajstić information content (AvgIpc) is 3.08. The number of aliphatic carboxylic acids is 1. The van der Waals surface area contributed by atoms with Crippen molar-refractivity contribution >= 4 is 17.9 Å². The lowest BCUT2D eigenvalue weighted by Gasteiger charge is -2.20. The molecular formula is C11H19N3O4. The van der Waals surface area contributed by atoms with Crippen LogP contribution in [0.1, 0.15) is 19.8 Å². The number of nitrogens with zero attached hydrogens (tertiary/aromatic N) is 1. The summed E-state index contributed by atoms with van der Waals surface area (Å²) in [5.74, 6) is -1.28. The lowest BCUT2D eigenvalue weighted by molar-refractivity contribution is -0.139. The molecule has 0 heterocycles. The number of carboxylic acids is 1. The van der Waals surface area contributed by atoms with Crippen LogP contribution in [0.2, 0.25) is 0 Å². The highest BCUT2D eigenvalue weighted by Gasteiger charge is 2.37. The van der Waals surface area contributed by atoms with Crippen LogP contribution in [0.3, 0.4) is 0 Å². The Morgan fingerprint density at radius 1 is 1.39 bits per heavy atom. The van der Waals surface area contributed by atoms with Crippen LogP contribution in [0.5, 0.6) is 0 Å². The van der Waals surface area contributed by atoms with Crippen LogP contribution in [-0.4, -0.2) is 54.1 Å². The predicted molar refractivity (Wildman–Crippen MR) is 64.0 cm³/mol. The summed E-state index contributed by atoms with van der Waals surface area (Å²) in [6.07, 6.45) is 1.63. The molecule has 3 amide bonds. The van der Waals surface area contributed by atoms with Gasteiger partial charge >= 0.3 is 12.0 Å². The summed E-state index contributed by atoms with van der Waals surface area (Å²) in [5.41, 5.74) is 0. The quantitative estimate of drug-likeness (QED) is 0.604. The second kappa shape index (κ2) is 6.23. The molecule has 18 heavy (non-hydrogen) atoms. The lowest BCUT2D eigenvalue weighted by atomic mass is 10.2. The van der Waals surface area contributed by atoms with E-state index in [2.05, 4.69) is 10.6 Å². The maximum Gasteiger partial charge on any atom is 0.326 e. The molecule has 1 aliphatic rings. The van der Waals surface area contributed by atoms with E-state index in [1.165, 1.54) is 11.9 Å². The largest absolute Gasteiger partial charge is 0.480 e. The molecule has 7 heteroatoms. The molecule has 3 N–H and O–H groups in total. The van der Waals surface area contributed by atoms with Crippen molar-refractivity contribution in [2.75, 3.05) is 20.1 Å². The topological polar surface area (TPSA) is 98.7 Å². The molecule has 1 rings (SSSR count). The van der Waals surface area contributed by atoms with E-state index >= 15 is 0 Å². The molecule has 0 spiro atoms. The van der Waals surface area contributed by atoms with Gasteiger partial charge in [-0.3, -0.25) is 4.79 Å². The summed E-state index contributed by atoms with van der Waals surface area (Å²) >= 11 is 0. The van der Waals surface area contributed by atoms with E-state index in [0.29, 0.717) is 6.54 Å². The third-order valence-electron chi connectivity index (χ3n) is 2.74. The highest BCUT2D eigenvalue weighted by Crippen LogP contribution is 2.32.